The van der Waals surface area contributed by atoms with Crippen molar-refractivity contribution in [3.05, 3.63) is 17.5 Å². The molecular weight excluding hydrogens is 212 g/mol. The smallest absolute Gasteiger partial charge is 0.101 e. The zero-order chi connectivity index (χ0) is 12.9. The highest BCUT2D eigenvalue weighted by Crippen LogP contribution is 2.11. The maximum absolute atomic E-state index is 8.84. The fourth-order valence-electron chi connectivity index (χ4n) is 1.82. The SMILES string of the molecule is CCc1cc(CC)n(CCCC(C)(N)C#N)n1. The first-order chi connectivity index (χ1) is 8.02. The molecule has 0 saturated heterocycles. The predicted molar refractivity (Wildman–Crippen MR) is 68.4 cm³/mol. The summed E-state index contributed by atoms with van der Waals surface area (Å²) < 4.78 is 2.05. The lowest BCUT2D eigenvalue weighted by Gasteiger charge is -2.15. The van der Waals surface area contributed by atoms with Gasteiger partial charge in [-0.25, -0.2) is 0 Å². The molecule has 0 aliphatic rings. The number of aryl methyl sites for hydroxylation is 3. The molecule has 1 rings (SSSR count). The Morgan fingerprint density at radius 1 is 1.47 bits per heavy atom. The molecule has 0 bridgehead atoms. The molecule has 0 radical (unpaired) electrons. The van der Waals surface area contributed by atoms with Crippen molar-refractivity contribution in [3.63, 3.8) is 0 Å². The van der Waals surface area contributed by atoms with Crippen molar-refractivity contribution in [2.24, 2.45) is 5.73 Å². The molecule has 17 heavy (non-hydrogen) atoms. The lowest BCUT2D eigenvalue weighted by molar-refractivity contribution is 0.463. The zero-order valence-corrected chi connectivity index (χ0v) is 11.0. The summed E-state index contributed by atoms with van der Waals surface area (Å²) in [6, 6.07) is 4.28. The monoisotopic (exact) mass is 234 g/mol. The Labute approximate surface area is 103 Å². The minimum atomic E-state index is -0.715. The highest BCUT2D eigenvalue weighted by Gasteiger charge is 2.16. The van der Waals surface area contributed by atoms with Gasteiger partial charge in [0.2, 0.25) is 0 Å². The van der Waals surface area contributed by atoms with E-state index in [1.807, 2.05) is 4.68 Å². The molecule has 2 N–H and O–H groups in total. The number of nitriles is 1. The number of hydrogen-bond donors (Lipinski definition) is 1. The molecule has 4 nitrogen and oxygen atoms in total. The van der Waals surface area contributed by atoms with Crippen LogP contribution in [-0.4, -0.2) is 15.3 Å². The predicted octanol–water partition coefficient (Wildman–Crippen LogP) is 2.03. The molecule has 0 saturated carbocycles. The van der Waals surface area contributed by atoms with E-state index in [0.29, 0.717) is 6.42 Å². The van der Waals surface area contributed by atoms with Gasteiger partial charge in [0.15, 0.2) is 0 Å². The van der Waals surface area contributed by atoms with Gasteiger partial charge in [0, 0.05) is 12.2 Å². The molecule has 4 heteroatoms. The average molecular weight is 234 g/mol. The minimum absolute atomic E-state index is 0.702. The normalized spacial score (nSPS) is 14.3. The van der Waals surface area contributed by atoms with E-state index in [1.54, 1.807) is 6.92 Å². The molecular formula is C13H22N4. The van der Waals surface area contributed by atoms with Crippen LogP contribution in [0.1, 0.15) is 45.0 Å². The van der Waals surface area contributed by atoms with Crippen LogP contribution in [0.4, 0.5) is 0 Å². The molecule has 94 valence electrons. The van der Waals surface area contributed by atoms with Gasteiger partial charge >= 0.3 is 0 Å². The summed E-state index contributed by atoms with van der Waals surface area (Å²) in [7, 11) is 0. The summed E-state index contributed by atoms with van der Waals surface area (Å²) in [6.07, 6.45) is 3.55. The second-order valence-corrected chi connectivity index (χ2v) is 4.69. The highest BCUT2D eigenvalue weighted by molar-refractivity contribution is 5.10. The summed E-state index contributed by atoms with van der Waals surface area (Å²) in [4.78, 5) is 0. The second kappa shape index (κ2) is 5.83. The van der Waals surface area contributed by atoms with Gasteiger partial charge in [-0.15, -0.1) is 0 Å². The third kappa shape index (κ3) is 3.86. The van der Waals surface area contributed by atoms with E-state index in [9.17, 15) is 0 Å². The molecule has 1 aromatic rings. The lowest BCUT2D eigenvalue weighted by Crippen LogP contribution is -2.34. The molecule has 1 aromatic heterocycles. The van der Waals surface area contributed by atoms with E-state index in [-0.39, 0.29) is 0 Å². The van der Waals surface area contributed by atoms with Crippen molar-refractivity contribution in [2.45, 2.75) is 58.5 Å². The zero-order valence-electron chi connectivity index (χ0n) is 11.0. The third-order valence-electron chi connectivity index (χ3n) is 2.96. The van der Waals surface area contributed by atoms with Gasteiger partial charge in [-0.3, -0.25) is 4.68 Å². The topological polar surface area (TPSA) is 67.6 Å². The molecule has 0 aliphatic heterocycles. The van der Waals surface area contributed by atoms with Crippen LogP contribution >= 0.6 is 0 Å². The molecule has 1 heterocycles. The van der Waals surface area contributed by atoms with E-state index in [0.717, 1.165) is 31.5 Å². The Bertz CT molecular complexity index is 398. The van der Waals surface area contributed by atoms with Crippen molar-refractivity contribution in [1.82, 2.24) is 9.78 Å². The van der Waals surface area contributed by atoms with Gasteiger partial charge in [0.1, 0.15) is 5.54 Å². The summed E-state index contributed by atoms with van der Waals surface area (Å²) in [5, 5.41) is 13.4. The molecule has 0 fully saturated rings. The van der Waals surface area contributed by atoms with E-state index in [2.05, 4.69) is 31.1 Å². The van der Waals surface area contributed by atoms with Crippen molar-refractivity contribution < 1.29 is 0 Å². The number of rotatable bonds is 6. The first-order valence-corrected chi connectivity index (χ1v) is 6.28. The molecule has 1 unspecified atom stereocenters. The van der Waals surface area contributed by atoms with Crippen molar-refractivity contribution in [1.29, 1.82) is 5.26 Å². The molecule has 0 aliphatic carbocycles. The van der Waals surface area contributed by atoms with Gasteiger partial charge in [0.05, 0.1) is 11.8 Å². The maximum Gasteiger partial charge on any atom is 0.101 e. The van der Waals surface area contributed by atoms with Crippen LogP contribution < -0.4 is 5.73 Å². The number of nitrogens with two attached hydrogens (primary N) is 1. The Balaban J connectivity index is 2.57. The van der Waals surface area contributed by atoms with Crippen molar-refractivity contribution in [2.75, 3.05) is 0 Å². The van der Waals surface area contributed by atoms with E-state index in [1.165, 1.54) is 5.69 Å². The Morgan fingerprint density at radius 2 is 2.18 bits per heavy atom. The van der Waals surface area contributed by atoms with Crippen LogP contribution in [-0.2, 0) is 19.4 Å². The maximum atomic E-state index is 8.84. The molecule has 1 atom stereocenters. The highest BCUT2D eigenvalue weighted by atomic mass is 15.3. The van der Waals surface area contributed by atoms with Crippen LogP contribution in [0.5, 0.6) is 0 Å². The van der Waals surface area contributed by atoms with E-state index < -0.39 is 5.54 Å². The Morgan fingerprint density at radius 3 is 2.71 bits per heavy atom. The molecule has 0 amide bonds. The van der Waals surface area contributed by atoms with E-state index in [4.69, 9.17) is 11.0 Å². The lowest BCUT2D eigenvalue weighted by atomic mass is 9.99. The van der Waals surface area contributed by atoms with Crippen LogP contribution in [0.15, 0.2) is 6.07 Å². The van der Waals surface area contributed by atoms with Gasteiger partial charge < -0.3 is 5.73 Å². The summed E-state index contributed by atoms with van der Waals surface area (Å²) in [6.45, 7) is 6.86. The van der Waals surface area contributed by atoms with Gasteiger partial charge in [-0.05, 0) is 38.7 Å². The first kappa shape index (κ1) is 13.7. The fraction of sp³-hybridized carbons (Fsp3) is 0.692. The molecule has 0 aromatic carbocycles. The number of hydrogen-bond acceptors (Lipinski definition) is 3. The fourth-order valence-corrected chi connectivity index (χ4v) is 1.82. The largest absolute Gasteiger partial charge is 0.314 e. The van der Waals surface area contributed by atoms with Gasteiger partial charge in [-0.1, -0.05) is 13.8 Å². The minimum Gasteiger partial charge on any atom is -0.314 e. The van der Waals surface area contributed by atoms with Gasteiger partial charge in [-0.2, -0.15) is 10.4 Å². The Kier molecular flexibility index (Phi) is 4.71. The number of aromatic nitrogens is 2. The Hall–Kier alpha value is -1.34. The summed E-state index contributed by atoms with van der Waals surface area (Å²) >= 11 is 0. The van der Waals surface area contributed by atoms with Crippen LogP contribution in [0.2, 0.25) is 0 Å². The first-order valence-electron chi connectivity index (χ1n) is 6.28. The van der Waals surface area contributed by atoms with Crippen LogP contribution in [0.3, 0.4) is 0 Å². The van der Waals surface area contributed by atoms with Crippen molar-refractivity contribution in [3.8, 4) is 6.07 Å². The average Bonchev–Trinajstić information content (AvgIpc) is 2.71. The summed E-state index contributed by atoms with van der Waals surface area (Å²) in [5.74, 6) is 0. The van der Waals surface area contributed by atoms with Crippen LogP contribution in [0, 0.1) is 11.3 Å². The second-order valence-electron chi connectivity index (χ2n) is 4.69. The third-order valence-corrected chi connectivity index (χ3v) is 2.96. The molecule has 0 spiro atoms. The van der Waals surface area contributed by atoms with Crippen molar-refractivity contribution >= 4 is 0 Å². The van der Waals surface area contributed by atoms with Gasteiger partial charge in [0.25, 0.3) is 0 Å². The number of nitrogens with zero attached hydrogens (tertiary/aromatic N) is 3. The van der Waals surface area contributed by atoms with E-state index >= 15 is 0 Å². The standard InChI is InChI=1S/C13H22N4/c1-4-11-9-12(5-2)17(16-11)8-6-7-13(3,15)10-14/h9H,4-8,15H2,1-3H3. The van der Waals surface area contributed by atoms with Crippen LogP contribution in [0.25, 0.3) is 0 Å². The summed E-state index contributed by atoms with van der Waals surface area (Å²) in [5.41, 5.74) is 7.47. The quantitative estimate of drug-likeness (QED) is 0.819.